The summed E-state index contributed by atoms with van der Waals surface area (Å²) in [6.45, 7) is 10.9. The second-order valence-corrected chi connectivity index (χ2v) is 6.09. The molecule has 1 amide bonds. The first-order valence-corrected chi connectivity index (χ1v) is 6.99. The first kappa shape index (κ1) is 14.5. The van der Waals surface area contributed by atoms with Crippen LogP contribution in [0.2, 0.25) is 0 Å². The number of nitrogens with one attached hydrogen (secondary N) is 1. The number of amides is 1. The summed E-state index contributed by atoms with van der Waals surface area (Å²) in [6, 6.07) is 3.72. The molecule has 0 saturated carbocycles. The Morgan fingerprint density at radius 1 is 1.35 bits per heavy atom. The summed E-state index contributed by atoms with van der Waals surface area (Å²) in [5.41, 5.74) is 2.94. The molecule has 2 aromatic heterocycles. The highest BCUT2D eigenvalue weighted by atomic mass is 16.1. The Bertz CT molecular complexity index is 637. The zero-order valence-corrected chi connectivity index (χ0v) is 12.8. The van der Waals surface area contributed by atoms with Crippen molar-refractivity contribution in [1.82, 2.24) is 19.9 Å². The first-order chi connectivity index (χ1) is 9.32. The highest BCUT2D eigenvalue weighted by Gasteiger charge is 2.21. The summed E-state index contributed by atoms with van der Waals surface area (Å²) in [5, 5.41) is 7.44. The summed E-state index contributed by atoms with van der Waals surface area (Å²) in [6.07, 6.45) is 0.908. The maximum atomic E-state index is 12.2. The van der Waals surface area contributed by atoms with Crippen molar-refractivity contribution < 1.29 is 4.79 Å². The van der Waals surface area contributed by atoms with Crippen molar-refractivity contribution in [2.75, 3.05) is 6.54 Å². The molecule has 0 spiro atoms. The Hall–Kier alpha value is -1.91. The van der Waals surface area contributed by atoms with Gasteiger partial charge in [0.15, 0.2) is 5.65 Å². The van der Waals surface area contributed by atoms with E-state index in [1.807, 2.05) is 19.9 Å². The molecule has 0 atom stereocenters. The number of carbonyl (C=O) groups excluding carboxylic acids is 1. The minimum Gasteiger partial charge on any atom is -0.351 e. The van der Waals surface area contributed by atoms with E-state index < -0.39 is 0 Å². The van der Waals surface area contributed by atoms with Crippen LogP contribution in [0.5, 0.6) is 0 Å². The lowest BCUT2D eigenvalue weighted by atomic mass is 9.93. The van der Waals surface area contributed by atoms with Gasteiger partial charge in [0.2, 0.25) is 0 Å². The minimum absolute atomic E-state index is 0.0707. The van der Waals surface area contributed by atoms with Crippen LogP contribution in [0, 0.1) is 6.92 Å². The zero-order chi connectivity index (χ0) is 14.9. The van der Waals surface area contributed by atoms with Crippen LogP contribution in [0.4, 0.5) is 0 Å². The Morgan fingerprint density at radius 3 is 2.65 bits per heavy atom. The van der Waals surface area contributed by atoms with Gasteiger partial charge in [-0.1, -0.05) is 27.7 Å². The Balaban J connectivity index is 2.53. The normalized spacial score (nSPS) is 11.8. The average Bonchev–Trinajstić information content (AvgIpc) is 2.78. The number of hydrogen-bond acceptors (Lipinski definition) is 3. The lowest BCUT2D eigenvalue weighted by Gasteiger charge is -2.13. The second kappa shape index (κ2) is 5.23. The molecule has 0 aliphatic heterocycles. The largest absolute Gasteiger partial charge is 0.351 e. The molecule has 5 heteroatoms. The van der Waals surface area contributed by atoms with Gasteiger partial charge in [-0.2, -0.15) is 5.10 Å². The number of aromatic nitrogens is 3. The van der Waals surface area contributed by atoms with Crippen molar-refractivity contribution in [3.63, 3.8) is 0 Å². The molecule has 20 heavy (non-hydrogen) atoms. The molecule has 0 fully saturated rings. The van der Waals surface area contributed by atoms with Crippen LogP contribution < -0.4 is 5.32 Å². The van der Waals surface area contributed by atoms with Crippen LogP contribution in [0.15, 0.2) is 12.1 Å². The van der Waals surface area contributed by atoms with E-state index >= 15 is 0 Å². The van der Waals surface area contributed by atoms with Crippen LogP contribution >= 0.6 is 0 Å². The van der Waals surface area contributed by atoms with Gasteiger partial charge in [-0.3, -0.25) is 4.79 Å². The van der Waals surface area contributed by atoms with Crippen LogP contribution in [-0.2, 0) is 5.41 Å². The lowest BCUT2D eigenvalue weighted by molar-refractivity contribution is 0.0946. The summed E-state index contributed by atoms with van der Waals surface area (Å²) < 4.78 is 1.64. The van der Waals surface area contributed by atoms with Gasteiger partial charge in [0.25, 0.3) is 5.91 Å². The molecule has 2 heterocycles. The average molecular weight is 274 g/mol. The zero-order valence-electron chi connectivity index (χ0n) is 12.8. The Labute approximate surface area is 119 Å². The SMILES string of the molecule is CCCNC(=O)c1cc(C)nc2cc(C(C)(C)C)nn12. The molecule has 5 nitrogen and oxygen atoms in total. The van der Waals surface area contributed by atoms with E-state index in [0.717, 1.165) is 23.5 Å². The third-order valence-electron chi connectivity index (χ3n) is 3.09. The van der Waals surface area contributed by atoms with Crippen molar-refractivity contribution in [2.24, 2.45) is 0 Å². The van der Waals surface area contributed by atoms with E-state index in [1.54, 1.807) is 10.6 Å². The molecule has 0 unspecified atom stereocenters. The highest BCUT2D eigenvalue weighted by Crippen LogP contribution is 2.22. The van der Waals surface area contributed by atoms with Gasteiger partial charge in [0.1, 0.15) is 5.69 Å². The van der Waals surface area contributed by atoms with Gasteiger partial charge in [-0.25, -0.2) is 9.50 Å². The van der Waals surface area contributed by atoms with Gasteiger partial charge in [-0.05, 0) is 19.4 Å². The molecule has 0 bridgehead atoms. The molecule has 0 radical (unpaired) electrons. The second-order valence-electron chi connectivity index (χ2n) is 6.09. The standard InChI is InChI=1S/C15H22N4O/c1-6-7-16-14(20)11-8-10(2)17-13-9-12(15(3,4)5)18-19(11)13/h8-9H,6-7H2,1-5H3,(H,16,20). The Morgan fingerprint density at radius 2 is 2.05 bits per heavy atom. The molecule has 0 aliphatic rings. The summed E-state index contributed by atoms with van der Waals surface area (Å²) in [5.74, 6) is -0.106. The molecule has 108 valence electrons. The monoisotopic (exact) mass is 274 g/mol. The van der Waals surface area contributed by atoms with E-state index in [-0.39, 0.29) is 11.3 Å². The summed E-state index contributed by atoms with van der Waals surface area (Å²) >= 11 is 0. The maximum Gasteiger partial charge on any atom is 0.270 e. The van der Waals surface area contributed by atoms with Crippen molar-refractivity contribution >= 4 is 11.6 Å². The molecule has 0 saturated heterocycles. The fourth-order valence-electron chi connectivity index (χ4n) is 1.96. The molecule has 0 aliphatic carbocycles. The van der Waals surface area contributed by atoms with Gasteiger partial charge in [0, 0.05) is 23.7 Å². The van der Waals surface area contributed by atoms with Crippen molar-refractivity contribution in [2.45, 2.75) is 46.5 Å². The van der Waals surface area contributed by atoms with Crippen molar-refractivity contribution in [3.8, 4) is 0 Å². The first-order valence-electron chi connectivity index (χ1n) is 6.99. The maximum absolute atomic E-state index is 12.2. The number of carbonyl (C=O) groups is 1. The van der Waals surface area contributed by atoms with E-state index in [4.69, 9.17) is 0 Å². The third kappa shape index (κ3) is 2.81. The van der Waals surface area contributed by atoms with Gasteiger partial charge in [0.05, 0.1) is 5.69 Å². The highest BCUT2D eigenvalue weighted by molar-refractivity contribution is 5.93. The van der Waals surface area contributed by atoms with E-state index in [9.17, 15) is 4.79 Å². The van der Waals surface area contributed by atoms with Crippen molar-refractivity contribution in [1.29, 1.82) is 0 Å². The molecular weight excluding hydrogens is 252 g/mol. The molecule has 1 N–H and O–H groups in total. The fourth-order valence-corrected chi connectivity index (χ4v) is 1.96. The van der Waals surface area contributed by atoms with Crippen LogP contribution in [0.25, 0.3) is 5.65 Å². The predicted molar refractivity (Wildman–Crippen MR) is 79.0 cm³/mol. The third-order valence-corrected chi connectivity index (χ3v) is 3.09. The predicted octanol–water partition coefficient (Wildman–Crippen LogP) is 2.48. The number of fused-ring (bicyclic) bond motifs is 1. The molecular formula is C15H22N4O. The van der Waals surface area contributed by atoms with Crippen LogP contribution in [-0.4, -0.2) is 27.0 Å². The summed E-state index contributed by atoms with van der Waals surface area (Å²) in [7, 11) is 0. The Kier molecular flexibility index (Phi) is 3.79. The minimum atomic E-state index is -0.106. The molecule has 2 rings (SSSR count). The number of nitrogens with zero attached hydrogens (tertiary/aromatic N) is 3. The van der Waals surface area contributed by atoms with Gasteiger partial charge >= 0.3 is 0 Å². The number of rotatable bonds is 3. The summed E-state index contributed by atoms with van der Waals surface area (Å²) in [4.78, 5) is 16.7. The molecule has 0 aromatic carbocycles. The van der Waals surface area contributed by atoms with E-state index in [0.29, 0.717) is 12.2 Å². The van der Waals surface area contributed by atoms with E-state index in [1.165, 1.54) is 0 Å². The fraction of sp³-hybridized carbons (Fsp3) is 0.533. The quantitative estimate of drug-likeness (QED) is 0.935. The van der Waals surface area contributed by atoms with Crippen LogP contribution in [0.3, 0.4) is 0 Å². The topological polar surface area (TPSA) is 59.3 Å². The van der Waals surface area contributed by atoms with Crippen molar-refractivity contribution in [3.05, 3.63) is 29.2 Å². The van der Waals surface area contributed by atoms with E-state index in [2.05, 4.69) is 36.2 Å². The number of aryl methyl sites for hydroxylation is 1. The smallest absolute Gasteiger partial charge is 0.270 e. The van der Waals surface area contributed by atoms with Gasteiger partial charge < -0.3 is 5.32 Å². The van der Waals surface area contributed by atoms with Crippen LogP contribution in [0.1, 0.15) is 56.0 Å². The molecule has 2 aromatic rings. The lowest BCUT2D eigenvalue weighted by Crippen LogP contribution is -2.26. The number of hydrogen-bond donors (Lipinski definition) is 1. The van der Waals surface area contributed by atoms with Gasteiger partial charge in [-0.15, -0.1) is 0 Å².